The highest BCUT2D eigenvalue weighted by molar-refractivity contribution is 8.01. The summed E-state index contributed by atoms with van der Waals surface area (Å²) in [5, 5.41) is 0.501. The van der Waals surface area contributed by atoms with E-state index in [4.69, 9.17) is 0 Å². The lowest BCUT2D eigenvalue weighted by Crippen LogP contribution is -2.40. The van der Waals surface area contributed by atoms with E-state index >= 15 is 0 Å². The summed E-state index contributed by atoms with van der Waals surface area (Å²) in [7, 11) is 0. The third-order valence-corrected chi connectivity index (χ3v) is 7.29. The van der Waals surface area contributed by atoms with Crippen molar-refractivity contribution in [3.05, 3.63) is 0 Å². The minimum Gasteiger partial charge on any atom is -0.278 e. The average Bonchev–Trinajstić information content (AvgIpc) is 2.70. The highest BCUT2D eigenvalue weighted by Crippen LogP contribution is 2.36. The van der Waals surface area contributed by atoms with Crippen LogP contribution in [-0.4, -0.2) is 33.3 Å². The molecule has 130 valence electrons. The van der Waals surface area contributed by atoms with Crippen LogP contribution in [0.3, 0.4) is 0 Å². The van der Waals surface area contributed by atoms with Crippen LogP contribution in [0, 0.1) is 0 Å². The zero-order valence-electron chi connectivity index (χ0n) is 14.3. The minimum absolute atomic E-state index is 0.0878. The van der Waals surface area contributed by atoms with Gasteiger partial charge in [-0.15, -0.1) is 11.8 Å². The van der Waals surface area contributed by atoms with Crippen molar-refractivity contribution in [1.29, 1.82) is 0 Å². The fourth-order valence-corrected chi connectivity index (χ4v) is 5.95. The molecule has 3 aliphatic rings. The van der Waals surface area contributed by atoms with Crippen LogP contribution < -0.4 is 0 Å². The number of carbonyl (C=O) groups is 2. The maximum Gasteiger partial charge on any atom is 0.243 e. The van der Waals surface area contributed by atoms with Gasteiger partial charge in [-0.05, 0) is 25.7 Å². The number of thioether (sulfide) groups is 1. The SMILES string of the molecule is O=C1CC(SC2CCCCCCC2)C(=O)N1C1CCCCCC1. The molecule has 1 atom stereocenters. The first-order chi connectivity index (χ1) is 11.3. The van der Waals surface area contributed by atoms with Crippen molar-refractivity contribution in [2.45, 2.75) is 106 Å². The number of rotatable bonds is 3. The van der Waals surface area contributed by atoms with E-state index in [1.807, 2.05) is 11.8 Å². The summed E-state index contributed by atoms with van der Waals surface area (Å²) >= 11 is 1.82. The number of likely N-dealkylation sites (tertiary alicyclic amines) is 1. The van der Waals surface area contributed by atoms with Crippen LogP contribution in [0.15, 0.2) is 0 Å². The Kier molecular flexibility index (Phi) is 6.44. The van der Waals surface area contributed by atoms with Gasteiger partial charge in [0.2, 0.25) is 11.8 Å². The Balaban J connectivity index is 1.58. The van der Waals surface area contributed by atoms with Gasteiger partial charge >= 0.3 is 0 Å². The van der Waals surface area contributed by atoms with Gasteiger partial charge in [-0.1, -0.05) is 57.8 Å². The normalized spacial score (nSPS) is 29.4. The van der Waals surface area contributed by atoms with Gasteiger partial charge in [0.1, 0.15) is 0 Å². The quantitative estimate of drug-likeness (QED) is 0.554. The number of hydrogen-bond donors (Lipinski definition) is 0. The Morgan fingerprint density at radius 2 is 1.26 bits per heavy atom. The van der Waals surface area contributed by atoms with E-state index in [1.54, 1.807) is 4.90 Å². The van der Waals surface area contributed by atoms with E-state index in [0.717, 1.165) is 12.8 Å². The Bertz CT molecular complexity index is 410. The molecule has 0 aromatic carbocycles. The fraction of sp³-hybridized carbons (Fsp3) is 0.895. The molecular formula is C19H31NO2S. The van der Waals surface area contributed by atoms with Crippen LogP contribution >= 0.6 is 11.8 Å². The molecule has 3 rings (SSSR count). The predicted molar refractivity (Wildman–Crippen MR) is 95.4 cm³/mol. The molecule has 1 unspecified atom stereocenters. The third-order valence-electron chi connectivity index (χ3n) is 5.74. The van der Waals surface area contributed by atoms with Gasteiger partial charge in [0.05, 0.1) is 5.25 Å². The van der Waals surface area contributed by atoms with Crippen molar-refractivity contribution >= 4 is 23.6 Å². The van der Waals surface area contributed by atoms with Crippen LogP contribution in [0.4, 0.5) is 0 Å². The average molecular weight is 338 g/mol. The summed E-state index contributed by atoms with van der Waals surface area (Å²) in [6, 6.07) is 0.195. The second-order valence-corrected chi connectivity index (χ2v) is 9.05. The summed E-state index contributed by atoms with van der Waals surface area (Å²) in [6.45, 7) is 0. The lowest BCUT2D eigenvalue weighted by atomic mass is 10.0. The molecule has 0 aromatic heterocycles. The van der Waals surface area contributed by atoms with Gasteiger partial charge in [0, 0.05) is 17.7 Å². The van der Waals surface area contributed by atoms with Gasteiger partial charge in [-0.25, -0.2) is 0 Å². The van der Waals surface area contributed by atoms with E-state index < -0.39 is 0 Å². The van der Waals surface area contributed by atoms with E-state index in [-0.39, 0.29) is 23.1 Å². The Morgan fingerprint density at radius 1 is 0.739 bits per heavy atom. The predicted octanol–water partition coefficient (Wildman–Crippen LogP) is 4.68. The standard InChI is InChI=1S/C19H31NO2S/c21-18-14-17(23-16-12-8-2-1-3-9-13-16)19(22)20(18)15-10-6-4-5-7-11-15/h15-17H,1-14H2. The molecule has 3 fully saturated rings. The molecule has 1 aliphatic heterocycles. The summed E-state index contributed by atoms with van der Waals surface area (Å²) in [5.41, 5.74) is 0. The van der Waals surface area contributed by atoms with Crippen molar-refractivity contribution < 1.29 is 9.59 Å². The maximum atomic E-state index is 12.8. The molecular weight excluding hydrogens is 306 g/mol. The molecule has 3 nitrogen and oxygen atoms in total. The number of hydrogen-bond acceptors (Lipinski definition) is 3. The first-order valence-corrected chi connectivity index (χ1v) is 10.7. The van der Waals surface area contributed by atoms with Crippen LogP contribution in [0.1, 0.15) is 89.9 Å². The maximum absolute atomic E-state index is 12.8. The topological polar surface area (TPSA) is 37.4 Å². The molecule has 0 bridgehead atoms. The monoisotopic (exact) mass is 337 g/mol. The van der Waals surface area contributed by atoms with Crippen LogP contribution in [-0.2, 0) is 9.59 Å². The molecule has 0 radical (unpaired) electrons. The number of nitrogens with zero attached hydrogens (tertiary/aromatic N) is 1. The smallest absolute Gasteiger partial charge is 0.243 e. The zero-order chi connectivity index (χ0) is 16.1. The minimum atomic E-state index is -0.0878. The van der Waals surface area contributed by atoms with Crippen LogP contribution in [0.2, 0.25) is 0 Å². The third kappa shape index (κ3) is 4.52. The van der Waals surface area contributed by atoms with Crippen molar-refractivity contribution in [3.63, 3.8) is 0 Å². The molecule has 1 heterocycles. The number of amides is 2. The zero-order valence-corrected chi connectivity index (χ0v) is 15.1. The van der Waals surface area contributed by atoms with Gasteiger partial charge < -0.3 is 0 Å². The highest BCUT2D eigenvalue weighted by Gasteiger charge is 2.43. The molecule has 4 heteroatoms. The van der Waals surface area contributed by atoms with E-state index in [9.17, 15) is 9.59 Å². The van der Waals surface area contributed by atoms with Crippen molar-refractivity contribution in [3.8, 4) is 0 Å². The van der Waals surface area contributed by atoms with E-state index in [1.165, 1.54) is 70.6 Å². The Hall–Kier alpha value is -0.510. The summed E-state index contributed by atoms with van der Waals surface area (Å²) in [5.74, 6) is 0.235. The van der Waals surface area contributed by atoms with Crippen molar-refractivity contribution in [2.75, 3.05) is 0 Å². The molecule has 0 spiro atoms. The summed E-state index contributed by atoms with van der Waals surface area (Å²) < 4.78 is 0. The molecule has 23 heavy (non-hydrogen) atoms. The largest absolute Gasteiger partial charge is 0.278 e. The van der Waals surface area contributed by atoms with Crippen LogP contribution in [0.25, 0.3) is 0 Å². The molecule has 1 saturated heterocycles. The van der Waals surface area contributed by atoms with Crippen molar-refractivity contribution in [1.82, 2.24) is 4.90 Å². The van der Waals surface area contributed by atoms with E-state index in [2.05, 4.69) is 0 Å². The number of imide groups is 1. The molecule has 2 amide bonds. The summed E-state index contributed by atoms with van der Waals surface area (Å²) in [6.07, 6.45) is 16.4. The van der Waals surface area contributed by atoms with Crippen LogP contribution in [0.5, 0.6) is 0 Å². The molecule has 0 aromatic rings. The molecule has 2 aliphatic carbocycles. The molecule has 0 N–H and O–H groups in total. The fourth-order valence-electron chi connectivity index (χ4n) is 4.42. The highest BCUT2D eigenvalue weighted by atomic mass is 32.2. The van der Waals surface area contributed by atoms with Gasteiger partial charge in [-0.3, -0.25) is 14.5 Å². The first-order valence-electron chi connectivity index (χ1n) is 9.77. The Labute approximate surface area is 144 Å². The van der Waals surface area contributed by atoms with Crippen molar-refractivity contribution in [2.24, 2.45) is 0 Å². The lowest BCUT2D eigenvalue weighted by molar-refractivity contribution is -0.141. The van der Waals surface area contributed by atoms with Gasteiger partial charge in [0.25, 0.3) is 0 Å². The lowest BCUT2D eigenvalue weighted by Gasteiger charge is -2.26. The summed E-state index contributed by atoms with van der Waals surface area (Å²) in [4.78, 5) is 27.0. The van der Waals surface area contributed by atoms with Gasteiger partial charge in [0.15, 0.2) is 0 Å². The molecule has 2 saturated carbocycles. The number of carbonyl (C=O) groups excluding carboxylic acids is 2. The second-order valence-electron chi connectivity index (χ2n) is 7.54. The van der Waals surface area contributed by atoms with Gasteiger partial charge in [-0.2, -0.15) is 0 Å². The van der Waals surface area contributed by atoms with E-state index in [0.29, 0.717) is 11.7 Å². The second kappa shape index (κ2) is 8.55. The first kappa shape index (κ1) is 17.3. The Morgan fingerprint density at radius 3 is 1.87 bits per heavy atom.